The van der Waals surface area contributed by atoms with Gasteiger partial charge in [0.25, 0.3) is 6.43 Å². The number of aliphatic carboxylic acids is 1. The molecule has 2 aromatic heterocycles. The van der Waals surface area contributed by atoms with Crippen molar-refractivity contribution in [3.63, 3.8) is 0 Å². The van der Waals surface area contributed by atoms with Crippen LogP contribution >= 0.6 is 0 Å². The van der Waals surface area contributed by atoms with E-state index in [-0.39, 0.29) is 43.1 Å². The predicted molar refractivity (Wildman–Crippen MR) is 140 cm³/mol. The van der Waals surface area contributed by atoms with Crippen molar-refractivity contribution in [2.45, 2.75) is 25.7 Å². The van der Waals surface area contributed by atoms with Crippen molar-refractivity contribution < 1.29 is 33.3 Å². The Labute approximate surface area is 228 Å². The monoisotopic (exact) mass is 562 g/mol. The number of anilines is 2. The Morgan fingerprint density at radius 2 is 1.95 bits per heavy atom. The van der Waals surface area contributed by atoms with Crippen LogP contribution in [0.5, 0.6) is 5.75 Å². The first kappa shape index (κ1) is 27.9. The minimum Gasteiger partial charge on any atom is -0.494 e. The highest BCUT2D eigenvalue weighted by atomic mass is 19.3. The molecule has 4 heterocycles. The molecule has 2 aliphatic heterocycles. The van der Waals surface area contributed by atoms with Crippen LogP contribution < -0.4 is 14.6 Å². The zero-order valence-electron chi connectivity index (χ0n) is 22.1. The van der Waals surface area contributed by atoms with E-state index in [0.717, 1.165) is 0 Å². The molecule has 0 saturated carbocycles. The smallest absolute Gasteiger partial charge is 0.307 e. The molecule has 216 valence electrons. The van der Waals surface area contributed by atoms with Crippen LogP contribution in [0, 0.1) is 5.92 Å². The molecule has 1 unspecified atom stereocenters. The number of carbonyl (C=O) groups is 1. The van der Waals surface area contributed by atoms with Crippen molar-refractivity contribution in [2.75, 3.05) is 69.6 Å². The third kappa shape index (κ3) is 5.62. The zero-order valence-corrected chi connectivity index (χ0v) is 22.1. The summed E-state index contributed by atoms with van der Waals surface area (Å²) >= 11 is 0. The number of carboxylic acids is 1. The van der Waals surface area contributed by atoms with Crippen molar-refractivity contribution in [3.05, 3.63) is 24.0 Å². The molecule has 2 saturated heterocycles. The Morgan fingerprint density at radius 1 is 1.18 bits per heavy atom. The van der Waals surface area contributed by atoms with Gasteiger partial charge in [-0.2, -0.15) is 15.0 Å². The number of methoxy groups -OCH3 is 1. The average Bonchev–Trinajstić information content (AvgIpc) is 3.38. The molecule has 0 amide bonds. The van der Waals surface area contributed by atoms with E-state index in [0.29, 0.717) is 63.4 Å². The van der Waals surface area contributed by atoms with Crippen molar-refractivity contribution in [1.82, 2.24) is 29.5 Å². The van der Waals surface area contributed by atoms with Crippen LogP contribution in [0.4, 0.5) is 20.7 Å². The first-order valence-electron chi connectivity index (χ1n) is 13.2. The van der Waals surface area contributed by atoms with E-state index < -0.39 is 24.1 Å². The Kier molecular flexibility index (Phi) is 8.52. The first-order chi connectivity index (χ1) is 19.4. The minimum absolute atomic E-state index is 0.0571. The molecule has 1 atom stereocenters. The number of alkyl halides is 2. The molecule has 0 bridgehead atoms. The predicted octanol–water partition coefficient (Wildman–Crippen LogP) is 1.89. The van der Waals surface area contributed by atoms with E-state index in [1.807, 2.05) is 9.91 Å². The van der Waals surface area contributed by atoms with Crippen LogP contribution in [0.25, 0.3) is 17.0 Å². The van der Waals surface area contributed by atoms with Gasteiger partial charge in [-0.1, -0.05) is 6.07 Å². The number of hydrogen-bond donors (Lipinski definition) is 2. The Hall–Kier alpha value is -3.69. The van der Waals surface area contributed by atoms with E-state index in [2.05, 4.69) is 15.0 Å². The summed E-state index contributed by atoms with van der Waals surface area (Å²) in [5, 5.41) is 22.8. The van der Waals surface area contributed by atoms with Crippen LogP contribution in [0.3, 0.4) is 0 Å². The van der Waals surface area contributed by atoms with Crippen LogP contribution in [0.15, 0.2) is 18.2 Å². The summed E-state index contributed by atoms with van der Waals surface area (Å²) in [4.78, 5) is 31.8. The van der Waals surface area contributed by atoms with Crippen molar-refractivity contribution >= 4 is 28.9 Å². The Morgan fingerprint density at radius 3 is 2.65 bits per heavy atom. The van der Waals surface area contributed by atoms with E-state index >= 15 is 0 Å². The van der Waals surface area contributed by atoms with Crippen LogP contribution in [0.1, 0.15) is 31.5 Å². The van der Waals surface area contributed by atoms with Gasteiger partial charge in [-0.15, -0.1) is 0 Å². The molecule has 13 nitrogen and oxygen atoms in total. The number of fused-ring (bicyclic) bond motifs is 1. The van der Waals surface area contributed by atoms with Gasteiger partial charge in [0, 0.05) is 39.3 Å². The lowest BCUT2D eigenvalue weighted by molar-refractivity contribution is -0.143. The van der Waals surface area contributed by atoms with Gasteiger partial charge in [0.05, 0.1) is 31.8 Å². The summed E-state index contributed by atoms with van der Waals surface area (Å²) in [5.74, 6) is -1.31. The lowest BCUT2D eigenvalue weighted by Gasteiger charge is -2.39. The van der Waals surface area contributed by atoms with Gasteiger partial charge in [-0.25, -0.2) is 18.8 Å². The molecular weight excluding hydrogens is 530 g/mol. The molecule has 3 aromatic rings. The van der Waals surface area contributed by atoms with E-state index in [1.165, 1.54) is 11.7 Å². The van der Waals surface area contributed by atoms with Gasteiger partial charge in [0.2, 0.25) is 17.8 Å². The normalized spacial score (nSPS) is 18.4. The maximum absolute atomic E-state index is 14.4. The van der Waals surface area contributed by atoms with E-state index in [1.54, 1.807) is 23.2 Å². The van der Waals surface area contributed by atoms with E-state index in [4.69, 9.17) is 14.5 Å². The maximum Gasteiger partial charge on any atom is 0.307 e. The summed E-state index contributed by atoms with van der Waals surface area (Å²) in [6, 6.07) is 4.95. The summed E-state index contributed by atoms with van der Waals surface area (Å²) < 4.78 is 40.7. The molecular formula is C25H32F2N8O5. The molecule has 2 N–H and O–H groups in total. The number of ether oxygens (including phenoxy) is 2. The third-order valence-electron chi connectivity index (χ3n) is 7.03. The average molecular weight is 563 g/mol. The lowest BCUT2D eigenvalue weighted by atomic mass is 9.99. The number of carboxylic acid groups (broad SMARTS) is 1. The molecule has 40 heavy (non-hydrogen) atoms. The van der Waals surface area contributed by atoms with Crippen molar-refractivity contribution in [3.8, 4) is 11.7 Å². The number of aliphatic hydroxyl groups excluding tert-OH is 1. The molecule has 2 fully saturated rings. The fourth-order valence-corrected chi connectivity index (χ4v) is 5.04. The second-order valence-corrected chi connectivity index (χ2v) is 9.56. The maximum atomic E-state index is 14.4. The molecule has 2 aliphatic rings. The fraction of sp³-hybridized carbons (Fsp3) is 0.560. The highest BCUT2D eigenvalue weighted by Crippen LogP contribution is 2.33. The van der Waals surface area contributed by atoms with Gasteiger partial charge in [0.1, 0.15) is 11.3 Å². The van der Waals surface area contributed by atoms with Gasteiger partial charge >= 0.3 is 5.97 Å². The number of hydrazine groups is 1. The largest absolute Gasteiger partial charge is 0.494 e. The quantitative estimate of drug-likeness (QED) is 0.373. The van der Waals surface area contributed by atoms with Crippen LogP contribution in [0.2, 0.25) is 0 Å². The highest BCUT2D eigenvalue weighted by Gasteiger charge is 2.32. The summed E-state index contributed by atoms with van der Waals surface area (Å²) in [5.41, 5.74) is 0.582. The lowest BCUT2D eigenvalue weighted by Crippen LogP contribution is -2.51. The molecule has 15 heteroatoms. The topological polar surface area (TPSA) is 142 Å². The van der Waals surface area contributed by atoms with E-state index in [9.17, 15) is 23.8 Å². The third-order valence-corrected chi connectivity index (χ3v) is 7.03. The van der Waals surface area contributed by atoms with Gasteiger partial charge in [-0.05, 0) is 31.4 Å². The summed E-state index contributed by atoms with van der Waals surface area (Å²) in [6.07, 6.45) is -1.40. The van der Waals surface area contributed by atoms with Crippen LogP contribution in [-0.4, -0.2) is 105 Å². The van der Waals surface area contributed by atoms with Crippen LogP contribution in [-0.2, 0) is 9.53 Å². The van der Waals surface area contributed by atoms with Gasteiger partial charge < -0.3 is 24.6 Å². The number of nitrogens with zero attached hydrogens (tertiary/aromatic N) is 8. The number of halogens is 2. The fourth-order valence-electron chi connectivity index (χ4n) is 5.04. The minimum atomic E-state index is -2.94. The highest BCUT2D eigenvalue weighted by molar-refractivity contribution is 5.84. The first-order valence-corrected chi connectivity index (χ1v) is 13.2. The van der Waals surface area contributed by atoms with Crippen molar-refractivity contribution in [1.29, 1.82) is 0 Å². The Bertz CT molecular complexity index is 1340. The second kappa shape index (κ2) is 12.2. The number of piperidine rings is 1. The number of benzene rings is 1. The number of morpholine rings is 1. The second-order valence-electron chi connectivity index (χ2n) is 9.56. The Balaban J connectivity index is 1.67. The van der Waals surface area contributed by atoms with Gasteiger partial charge in [-0.3, -0.25) is 14.4 Å². The number of aromatic nitrogens is 5. The standard InChI is InChI=1S/C25H32F2N8O5/c1-39-18-7-2-6-17-19(18)28-21(20(26)27)35(17)25-30-23(32-10-13-40-14-11-32)29-24(31-25)34(9-4-12-36)33-8-3-5-16(15-33)22(37)38/h2,6-7,16,20,36H,3-5,8-15H2,1H3,(H,37,38). The van der Waals surface area contributed by atoms with Gasteiger partial charge in [0.15, 0.2) is 5.82 Å². The molecule has 1 aromatic carbocycles. The summed E-state index contributed by atoms with van der Waals surface area (Å²) in [7, 11) is 1.44. The number of imidazole rings is 1. The molecule has 0 spiro atoms. The number of hydrogen-bond acceptors (Lipinski definition) is 11. The van der Waals surface area contributed by atoms with Crippen molar-refractivity contribution in [2.24, 2.45) is 5.92 Å². The molecule has 5 rings (SSSR count). The number of para-hydroxylation sites is 1. The SMILES string of the molecule is COc1cccc2c1nc(C(F)F)n2-c1nc(N2CCOCC2)nc(N(CCCO)N2CCCC(C(=O)O)C2)n1. The molecule has 0 radical (unpaired) electrons. The number of rotatable bonds is 10. The zero-order chi connectivity index (χ0) is 28.2. The molecule has 0 aliphatic carbocycles. The number of aliphatic hydroxyl groups is 1. The summed E-state index contributed by atoms with van der Waals surface area (Å²) in [6.45, 7) is 2.83.